The first kappa shape index (κ1) is 23.5. The van der Waals surface area contributed by atoms with Crippen LogP contribution in [-0.2, 0) is 11.0 Å². The molecular weight excluding hydrogens is 414 g/mol. The highest BCUT2D eigenvalue weighted by atomic mass is 19.4. The number of carbonyl (C=O) groups is 2. The van der Waals surface area contributed by atoms with Crippen LogP contribution >= 0.6 is 0 Å². The van der Waals surface area contributed by atoms with E-state index in [0.29, 0.717) is 25.2 Å². The highest BCUT2D eigenvalue weighted by Gasteiger charge is 2.32. The summed E-state index contributed by atoms with van der Waals surface area (Å²) in [4.78, 5) is 26.5. The molecule has 1 saturated carbocycles. The van der Waals surface area contributed by atoms with Crippen molar-refractivity contribution < 1.29 is 27.2 Å². The lowest BCUT2D eigenvalue weighted by Gasteiger charge is -2.32. The Balaban J connectivity index is 1.37. The predicted octanol–water partition coefficient (Wildman–Crippen LogP) is 3.59. The minimum atomic E-state index is -4.71. The minimum Gasteiger partial charge on any atom is -0.355 e. The fourth-order valence-corrected chi connectivity index (χ4v) is 4.31. The van der Waals surface area contributed by atoms with Crippen molar-refractivity contribution in [3.63, 3.8) is 0 Å². The Morgan fingerprint density at radius 3 is 2.32 bits per heavy atom. The van der Waals surface area contributed by atoms with Crippen LogP contribution in [0.15, 0.2) is 18.2 Å². The van der Waals surface area contributed by atoms with E-state index in [1.807, 2.05) is 0 Å². The number of amides is 2. The van der Waals surface area contributed by atoms with Gasteiger partial charge in [0.2, 0.25) is 5.91 Å². The second kappa shape index (κ2) is 10.4. The van der Waals surface area contributed by atoms with Crippen LogP contribution in [0.25, 0.3) is 0 Å². The number of halogens is 4. The van der Waals surface area contributed by atoms with Crippen LogP contribution < -0.4 is 10.6 Å². The summed E-state index contributed by atoms with van der Waals surface area (Å²) in [7, 11) is 0. The molecule has 0 atom stereocenters. The normalized spacial score (nSPS) is 18.8. The average Bonchev–Trinajstić information content (AvgIpc) is 3.27. The van der Waals surface area contributed by atoms with Gasteiger partial charge in [-0.15, -0.1) is 0 Å². The summed E-state index contributed by atoms with van der Waals surface area (Å²) in [5.41, 5.74) is -1.51. The Morgan fingerprint density at radius 2 is 1.68 bits per heavy atom. The van der Waals surface area contributed by atoms with Crippen molar-refractivity contribution in [3.05, 3.63) is 35.1 Å². The Kier molecular flexibility index (Phi) is 7.91. The first-order chi connectivity index (χ1) is 14.7. The molecule has 0 radical (unpaired) electrons. The first-order valence-corrected chi connectivity index (χ1v) is 10.9. The van der Waals surface area contributed by atoms with Gasteiger partial charge in [0.05, 0.1) is 5.56 Å². The second-order valence-electron chi connectivity index (χ2n) is 8.49. The van der Waals surface area contributed by atoms with Gasteiger partial charge in [0.1, 0.15) is 5.82 Å². The van der Waals surface area contributed by atoms with Gasteiger partial charge in [-0.05, 0) is 62.9 Å². The fraction of sp³-hybridized carbons (Fsp3) is 0.636. The Morgan fingerprint density at radius 1 is 1.00 bits per heavy atom. The Hall–Kier alpha value is -2.16. The maximum Gasteiger partial charge on any atom is 0.416 e. The van der Waals surface area contributed by atoms with Gasteiger partial charge in [-0.1, -0.05) is 12.8 Å². The average molecular weight is 443 g/mol. The molecule has 1 aromatic rings. The van der Waals surface area contributed by atoms with E-state index in [2.05, 4.69) is 15.5 Å². The molecular formula is C22H29F4N3O2. The van der Waals surface area contributed by atoms with E-state index < -0.39 is 23.5 Å². The third kappa shape index (κ3) is 6.92. The van der Waals surface area contributed by atoms with Crippen molar-refractivity contribution in [2.24, 2.45) is 11.8 Å². The number of nitrogens with one attached hydrogen (secondary N) is 2. The molecule has 1 heterocycles. The van der Waals surface area contributed by atoms with Crippen LogP contribution in [0.1, 0.15) is 54.4 Å². The summed E-state index contributed by atoms with van der Waals surface area (Å²) in [5, 5.41) is 5.64. The molecule has 31 heavy (non-hydrogen) atoms. The summed E-state index contributed by atoms with van der Waals surface area (Å²) >= 11 is 0. The second-order valence-corrected chi connectivity index (χ2v) is 8.49. The van der Waals surface area contributed by atoms with Crippen LogP contribution in [0.3, 0.4) is 0 Å². The van der Waals surface area contributed by atoms with Crippen LogP contribution in [0, 0.1) is 17.7 Å². The zero-order valence-corrected chi connectivity index (χ0v) is 17.4. The standard InChI is InChI=1S/C22H29F4N3O2/c23-19-12-17(11-18(13-19)22(24,25)26)21(31)28-14-15-5-8-29(9-6-15)10-7-27-20(30)16-3-1-2-4-16/h11-13,15-16H,1-10,14H2,(H,27,30)(H,28,31). The van der Waals surface area contributed by atoms with Crippen molar-refractivity contribution in [2.75, 3.05) is 32.7 Å². The summed E-state index contributed by atoms with van der Waals surface area (Å²) < 4.78 is 51.9. The number of nitrogens with zero attached hydrogens (tertiary/aromatic N) is 1. The zero-order chi connectivity index (χ0) is 22.4. The van der Waals surface area contributed by atoms with Gasteiger partial charge in [0.15, 0.2) is 0 Å². The molecule has 1 aliphatic heterocycles. The van der Waals surface area contributed by atoms with Gasteiger partial charge in [-0.25, -0.2) is 4.39 Å². The molecule has 1 aliphatic carbocycles. The van der Waals surface area contributed by atoms with Gasteiger partial charge >= 0.3 is 6.18 Å². The lowest BCUT2D eigenvalue weighted by Crippen LogP contribution is -2.42. The van der Waals surface area contributed by atoms with Crippen LogP contribution in [0.5, 0.6) is 0 Å². The number of benzene rings is 1. The van der Waals surface area contributed by atoms with Crippen LogP contribution in [-0.4, -0.2) is 49.4 Å². The van der Waals surface area contributed by atoms with Gasteiger partial charge in [0, 0.05) is 31.1 Å². The highest BCUT2D eigenvalue weighted by molar-refractivity contribution is 5.94. The molecule has 0 unspecified atom stereocenters. The zero-order valence-electron chi connectivity index (χ0n) is 17.4. The van der Waals surface area contributed by atoms with E-state index in [9.17, 15) is 27.2 Å². The third-order valence-corrected chi connectivity index (χ3v) is 6.20. The van der Waals surface area contributed by atoms with E-state index in [1.165, 1.54) is 0 Å². The number of likely N-dealkylation sites (tertiary alicyclic amines) is 1. The molecule has 2 N–H and O–H groups in total. The Bertz CT molecular complexity index is 771. The lowest BCUT2D eigenvalue weighted by molar-refractivity contribution is -0.137. The lowest BCUT2D eigenvalue weighted by atomic mass is 9.96. The number of rotatable bonds is 7. The number of piperidine rings is 1. The molecule has 9 heteroatoms. The maximum absolute atomic E-state index is 13.5. The van der Waals surface area contributed by atoms with E-state index in [4.69, 9.17) is 0 Å². The number of alkyl halides is 3. The van der Waals surface area contributed by atoms with Crippen LogP contribution in [0.2, 0.25) is 0 Å². The van der Waals surface area contributed by atoms with Crippen molar-refractivity contribution in [2.45, 2.75) is 44.7 Å². The molecule has 2 aliphatic rings. The van der Waals surface area contributed by atoms with E-state index in [0.717, 1.165) is 64.2 Å². The number of hydrogen-bond donors (Lipinski definition) is 2. The van der Waals surface area contributed by atoms with Crippen LogP contribution in [0.4, 0.5) is 17.6 Å². The van der Waals surface area contributed by atoms with Gasteiger partial charge in [0.25, 0.3) is 5.91 Å². The molecule has 2 amide bonds. The molecule has 5 nitrogen and oxygen atoms in total. The predicted molar refractivity (Wildman–Crippen MR) is 108 cm³/mol. The summed E-state index contributed by atoms with van der Waals surface area (Å²) in [6, 6.07) is 1.86. The summed E-state index contributed by atoms with van der Waals surface area (Å²) in [6.45, 7) is 3.40. The number of hydrogen-bond acceptors (Lipinski definition) is 3. The van der Waals surface area contributed by atoms with Crippen molar-refractivity contribution in [1.82, 2.24) is 15.5 Å². The van der Waals surface area contributed by atoms with Crippen molar-refractivity contribution >= 4 is 11.8 Å². The van der Waals surface area contributed by atoms with Crippen molar-refractivity contribution in [3.8, 4) is 0 Å². The van der Waals surface area contributed by atoms with E-state index in [-0.39, 0.29) is 23.3 Å². The van der Waals surface area contributed by atoms with Gasteiger partial charge in [-0.2, -0.15) is 13.2 Å². The monoisotopic (exact) mass is 443 g/mol. The smallest absolute Gasteiger partial charge is 0.355 e. The van der Waals surface area contributed by atoms with Crippen molar-refractivity contribution in [1.29, 1.82) is 0 Å². The maximum atomic E-state index is 13.5. The molecule has 2 fully saturated rings. The molecule has 0 aromatic heterocycles. The van der Waals surface area contributed by atoms with E-state index >= 15 is 0 Å². The number of carbonyl (C=O) groups excluding carboxylic acids is 2. The molecule has 172 valence electrons. The summed E-state index contributed by atoms with van der Waals surface area (Å²) in [5.74, 6) is -1.26. The quantitative estimate of drug-likeness (QED) is 0.634. The van der Waals surface area contributed by atoms with Gasteiger partial charge in [-0.3, -0.25) is 9.59 Å². The molecule has 0 spiro atoms. The molecule has 1 saturated heterocycles. The fourth-order valence-electron chi connectivity index (χ4n) is 4.31. The topological polar surface area (TPSA) is 61.4 Å². The highest BCUT2D eigenvalue weighted by Crippen LogP contribution is 2.30. The largest absolute Gasteiger partial charge is 0.416 e. The molecule has 3 rings (SSSR count). The minimum absolute atomic E-state index is 0.154. The van der Waals surface area contributed by atoms with Gasteiger partial charge < -0.3 is 15.5 Å². The molecule has 1 aromatic carbocycles. The first-order valence-electron chi connectivity index (χ1n) is 10.9. The third-order valence-electron chi connectivity index (χ3n) is 6.20. The Labute approximate surface area is 179 Å². The summed E-state index contributed by atoms with van der Waals surface area (Å²) in [6.07, 6.45) is 1.20. The van der Waals surface area contributed by atoms with E-state index in [1.54, 1.807) is 0 Å². The SMILES string of the molecule is O=C(NCC1CCN(CCNC(=O)C2CCCC2)CC1)c1cc(F)cc(C(F)(F)F)c1. The molecule has 0 bridgehead atoms.